The van der Waals surface area contributed by atoms with Crippen molar-refractivity contribution < 1.29 is 13.6 Å². The van der Waals surface area contributed by atoms with E-state index in [0.29, 0.717) is 12.3 Å². The van der Waals surface area contributed by atoms with Crippen molar-refractivity contribution in [3.8, 4) is 0 Å². The lowest BCUT2D eigenvalue weighted by molar-refractivity contribution is -0.121. The summed E-state index contributed by atoms with van der Waals surface area (Å²) in [7, 11) is 0. The Morgan fingerprint density at radius 2 is 2.05 bits per heavy atom. The first kappa shape index (κ1) is 14.9. The van der Waals surface area contributed by atoms with Crippen molar-refractivity contribution >= 4 is 5.91 Å². The summed E-state index contributed by atoms with van der Waals surface area (Å²) < 4.78 is 26.3. The average Bonchev–Trinajstić information content (AvgIpc) is 2.47. The van der Waals surface area contributed by atoms with Crippen molar-refractivity contribution in [1.82, 2.24) is 10.6 Å². The zero-order valence-corrected chi connectivity index (χ0v) is 11.4. The summed E-state index contributed by atoms with van der Waals surface area (Å²) >= 11 is 0. The molecule has 0 aliphatic carbocycles. The zero-order chi connectivity index (χ0) is 14.4. The van der Waals surface area contributed by atoms with Gasteiger partial charge in [-0.1, -0.05) is 0 Å². The highest BCUT2D eigenvalue weighted by atomic mass is 19.1. The van der Waals surface area contributed by atoms with Crippen LogP contribution in [0.5, 0.6) is 0 Å². The highest BCUT2D eigenvalue weighted by Crippen LogP contribution is 2.17. The average molecular weight is 282 g/mol. The summed E-state index contributed by atoms with van der Waals surface area (Å²) in [5.74, 6) is -0.504. The van der Waals surface area contributed by atoms with E-state index in [0.717, 1.165) is 50.6 Å². The van der Waals surface area contributed by atoms with E-state index >= 15 is 0 Å². The van der Waals surface area contributed by atoms with Crippen LogP contribution in [-0.4, -0.2) is 19.0 Å². The third-order valence-electron chi connectivity index (χ3n) is 3.72. The molecule has 1 saturated heterocycles. The van der Waals surface area contributed by atoms with E-state index in [1.165, 1.54) is 0 Å². The second kappa shape index (κ2) is 7.33. The molecule has 3 nitrogen and oxygen atoms in total. The van der Waals surface area contributed by atoms with Crippen LogP contribution < -0.4 is 10.6 Å². The quantitative estimate of drug-likeness (QED) is 0.870. The van der Waals surface area contributed by atoms with Crippen molar-refractivity contribution in [3.63, 3.8) is 0 Å². The van der Waals surface area contributed by atoms with Gasteiger partial charge in [0.2, 0.25) is 5.91 Å². The Hall–Kier alpha value is -1.49. The van der Waals surface area contributed by atoms with Gasteiger partial charge >= 0.3 is 0 Å². The van der Waals surface area contributed by atoms with E-state index in [1.807, 2.05) is 0 Å². The van der Waals surface area contributed by atoms with Gasteiger partial charge in [-0.3, -0.25) is 4.79 Å². The minimum atomic E-state index is -0.495. The highest BCUT2D eigenvalue weighted by Gasteiger charge is 2.14. The van der Waals surface area contributed by atoms with Gasteiger partial charge in [-0.05, 0) is 56.5 Å². The van der Waals surface area contributed by atoms with Crippen LogP contribution in [0.3, 0.4) is 0 Å². The van der Waals surface area contributed by atoms with E-state index in [1.54, 1.807) is 0 Å². The molecule has 2 rings (SSSR count). The number of benzene rings is 1. The third-order valence-corrected chi connectivity index (χ3v) is 3.72. The van der Waals surface area contributed by atoms with Crippen LogP contribution in [0.1, 0.15) is 31.2 Å². The largest absolute Gasteiger partial charge is 0.352 e. The molecule has 1 fully saturated rings. The maximum Gasteiger partial charge on any atom is 0.220 e. The third kappa shape index (κ3) is 4.56. The Kier molecular flexibility index (Phi) is 5.47. The van der Waals surface area contributed by atoms with Gasteiger partial charge in [-0.15, -0.1) is 0 Å². The van der Waals surface area contributed by atoms with Crippen molar-refractivity contribution in [1.29, 1.82) is 0 Å². The Balaban J connectivity index is 1.73. The summed E-state index contributed by atoms with van der Waals surface area (Å²) in [5, 5.41) is 5.93. The van der Waals surface area contributed by atoms with E-state index in [-0.39, 0.29) is 18.0 Å². The number of carbonyl (C=O) groups excluding carboxylic acids is 1. The van der Waals surface area contributed by atoms with Gasteiger partial charge in [0.1, 0.15) is 11.6 Å². The topological polar surface area (TPSA) is 41.1 Å². The fraction of sp³-hybridized carbons (Fsp3) is 0.533. The predicted molar refractivity (Wildman–Crippen MR) is 73.0 cm³/mol. The first-order valence-electron chi connectivity index (χ1n) is 7.06. The summed E-state index contributed by atoms with van der Waals surface area (Å²) in [6.45, 7) is 2.07. The summed E-state index contributed by atoms with van der Waals surface area (Å²) in [4.78, 5) is 11.7. The molecule has 5 heteroatoms. The standard InChI is InChI=1S/C15H20F2N2O/c16-13-2-3-14(17)12(9-13)10-19-15(20)4-1-11-5-7-18-8-6-11/h2-3,9,11,18H,1,4-8,10H2,(H,19,20). The highest BCUT2D eigenvalue weighted by molar-refractivity contribution is 5.75. The van der Waals surface area contributed by atoms with E-state index in [4.69, 9.17) is 0 Å². The van der Waals surface area contributed by atoms with E-state index in [9.17, 15) is 13.6 Å². The molecule has 110 valence electrons. The lowest BCUT2D eigenvalue weighted by Gasteiger charge is -2.22. The lowest BCUT2D eigenvalue weighted by Crippen LogP contribution is -2.29. The van der Waals surface area contributed by atoms with Gasteiger partial charge in [0, 0.05) is 18.5 Å². The van der Waals surface area contributed by atoms with Crippen LogP contribution in [0.25, 0.3) is 0 Å². The van der Waals surface area contributed by atoms with Crippen LogP contribution in [0.15, 0.2) is 18.2 Å². The van der Waals surface area contributed by atoms with Crippen molar-refractivity contribution in [3.05, 3.63) is 35.4 Å². The fourth-order valence-corrected chi connectivity index (χ4v) is 2.47. The lowest BCUT2D eigenvalue weighted by atomic mass is 9.93. The molecule has 0 aromatic heterocycles. The molecule has 0 spiro atoms. The Morgan fingerprint density at radius 1 is 1.30 bits per heavy atom. The second-order valence-electron chi connectivity index (χ2n) is 5.24. The van der Waals surface area contributed by atoms with E-state index < -0.39 is 11.6 Å². The number of hydrogen-bond donors (Lipinski definition) is 2. The summed E-state index contributed by atoms with van der Waals surface area (Å²) in [5.41, 5.74) is 0.181. The maximum atomic E-state index is 13.4. The van der Waals surface area contributed by atoms with Gasteiger partial charge in [0.25, 0.3) is 0 Å². The number of amides is 1. The zero-order valence-electron chi connectivity index (χ0n) is 11.4. The van der Waals surface area contributed by atoms with Crippen LogP contribution >= 0.6 is 0 Å². The summed E-state index contributed by atoms with van der Waals surface area (Å²) in [6, 6.07) is 3.26. The number of rotatable bonds is 5. The first-order valence-corrected chi connectivity index (χ1v) is 7.06. The molecule has 1 aromatic rings. The smallest absolute Gasteiger partial charge is 0.220 e. The van der Waals surface area contributed by atoms with Gasteiger partial charge in [-0.2, -0.15) is 0 Å². The summed E-state index contributed by atoms with van der Waals surface area (Å²) in [6.07, 6.45) is 3.51. The number of halogens is 2. The Labute approximate surface area is 117 Å². The molecular formula is C15H20F2N2O. The van der Waals surface area contributed by atoms with Crippen LogP contribution in [0, 0.1) is 17.6 Å². The molecule has 1 amide bonds. The molecule has 1 aliphatic rings. The molecule has 0 atom stereocenters. The number of piperidine rings is 1. The molecule has 20 heavy (non-hydrogen) atoms. The normalized spacial score (nSPS) is 16.1. The molecule has 1 aliphatic heterocycles. The monoisotopic (exact) mass is 282 g/mol. The fourth-order valence-electron chi connectivity index (χ4n) is 2.47. The molecule has 0 saturated carbocycles. The van der Waals surface area contributed by atoms with Crippen LogP contribution in [0.2, 0.25) is 0 Å². The molecule has 1 aromatic carbocycles. The molecule has 2 N–H and O–H groups in total. The Morgan fingerprint density at radius 3 is 2.80 bits per heavy atom. The van der Waals surface area contributed by atoms with Gasteiger partial charge < -0.3 is 10.6 Å². The minimum Gasteiger partial charge on any atom is -0.352 e. The second-order valence-corrected chi connectivity index (χ2v) is 5.24. The molecule has 1 heterocycles. The van der Waals surface area contributed by atoms with Crippen LogP contribution in [0.4, 0.5) is 8.78 Å². The van der Waals surface area contributed by atoms with E-state index in [2.05, 4.69) is 10.6 Å². The maximum absolute atomic E-state index is 13.4. The van der Waals surface area contributed by atoms with Gasteiger partial charge in [0.05, 0.1) is 0 Å². The molecule has 0 unspecified atom stereocenters. The number of nitrogens with one attached hydrogen (secondary N) is 2. The SMILES string of the molecule is O=C(CCC1CCNCC1)NCc1cc(F)ccc1F. The first-order chi connectivity index (χ1) is 9.65. The Bertz CT molecular complexity index is 459. The number of carbonyl (C=O) groups is 1. The minimum absolute atomic E-state index is 0.0364. The van der Waals surface area contributed by atoms with Gasteiger partial charge in [0.15, 0.2) is 0 Å². The molecule has 0 bridgehead atoms. The molecular weight excluding hydrogens is 262 g/mol. The van der Waals surface area contributed by atoms with Gasteiger partial charge in [-0.25, -0.2) is 8.78 Å². The van der Waals surface area contributed by atoms with Crippen molar-refractivity contribution in [2.45, 2.75) is 32.2 Å². The van der Waals surface area contributed by atoms with Crippen molar-refractivity contribution in [2.75, 3.05) is 13.1 Å². The van der Waals surface area contributed by atoms with Crippen molar-refractivity contribution in [2.24, 2.45) is 5.92 Å². The molecule has 0 radical (unpaired) electrons. The predicted octanol–water partition coefficient (Wildman–Crippen LogP) is 2.36. The number of hydrogen-bond acceptors (Lipinski definition) is 2. The van der Waals surface area contributed by atoms with Crippen LogP contribution in [-0.2, 0) is 11.3 Å².